The molecular weight excluding hydrogens is 228 g/mol. The highest BCUT2D eigenvalue weighted by Gasteiger charge is 2.27. The number of aliphatic carboxylic acids is 1. The molecular formula is C14H18N2O2. The largest absolute Gasteiger partial charge is 0.481 e. The van der Waals surface area contributed by atoms with Gasteiger partial charge in [-0.3, -0.25) is 9.48 Å². The standard InChI is InChI=1S/C14H18N2O2/c1-9-11-7-10(8-14(2,3)13(17)18)5-6-12(11)16(4)15-9/h5-7H,8H2,1-4H3,(H,17,18). The van der Waals surface area contributed by atoms with E-state index < -0.39 is 11.4 Å². The third kappa shape index (κ3) is 2.10. The molecule has 4 nitrogen and oxygen atoms in total. The zero-order valence-electron chi connectivity index (χ0n) is 11.2. The first-order valence-electron chi connectivity index (χ1n) is 5.97. The van der Waals surface area contributed by atoms with E-state index in [-0.39, 0.29) is 0 Å². The summed E-state index contributed by atoms with van der Waals surface area (Å²) in [6, 6.07) is 6.03. The van der Waals surface area contributed by atoms with Crippen LogP contribution < -0.4 is 0 Å². The SMILES string of the molecule is Cc1nn(C)c2ccc(CC(C)(C)C(=O)O)cc12. The summed E-state index contributed by atoms with van der Waals surface area (Å²) in [6.45, 7) is 5.46. The molecule has 96 valence electrons. The van der Waals surface area contributed by atoms with Gasteiger partial charge < -0.3 is 5.11 Å². The second kappa shape index (κ2) is 4.12. The second-order valence-corrected chi connectivity index (χ2v) is 5.43. The van der Waals surface area contributed by atoms with Crippen LogP contribution in [0.3, 0.4) is 0 Å². The van der Waals surface area contributed by atoms with Crippen LogP contribution in [0.1, 0.15) is 25.1 Å². The van der Waals surface area contributed by atoms with E-state index in [4.69, 9.17) is 5.11 Å². The minimum atomic E-state index is -0.773. The Kier molecular flexibility index (Phi) is 2.89. The highest BCUT2D eigenvalue weighted by Crippen LogP contribution is 2.25. The summed E-state index contributed by atoms with van der Waals surface area (Å²) in [5.41, 5.74) is 2.34. The summed E-state index contributed by atoms with van der Waals surface area (Å²) in [4.78, 5) is 11.1. The number of hydrogen-bond acceptors (Lipinski definition) is 2. The van der Waals surface area contributed by atoms with E-state index in [1.54, 1.807) is 13.8 Å². The Morgan fingerprint density at radius 2 is 2.11 bits per heavy atom. The highest BCUT2D eigenvalue weighted by molar-refractivity contribution is 5.83. The molecule has 0 radical (unpaired) electrons. The normalized spacial score (nSPS) is 12.0. The van der Waals surface area contributed by atoms with Gasteiger partial charge in [-0.25, -0.2) is 0 Å². The second-order valence-electron chi connectivity index (χ2n) is 5.43. The third-order valence-corrected chi connectivity index (χ3v) is 3.32. The summed E-state index contributed by atoms with van der Waals surface area (Å²) in [7, 11) is 1.91. The number of aromatic nitrogens is 2. The molecule has 1 N–H and O–H groups in total. The predicted octanol–water partition coefficient (Wildman–Crippen LogP) is 2.54. The molecule has 0 saturated heterocycles. The smallest absolute Gasteiger partial charge is 0.309 e. The number of aryl methyl sites for hydroxylation is 2. The van der Waals surface area contributed by atoms with E-state index in [0.29, 0.717) is 6.42 Å². The maximum Gasteiger partial charge on any atom is 0.309 e. The Hall–Kier alpha value is -1.84. The molecule has 0 atom stereocenters. The molecule has 18 heavy (non-hydrogen) atoms. The molecule has 0 unspecified atom stereocenters. The number of nitrogens with zero attached hydrogens (tertiary/aromatic N) is 2. The van der Waals surface area contributed by atoms with Gasteiger partial charge in [-0.15, -0.1) is 0 Å². The number of benzene rings is 1. The Bertz CT molecular complexity index is 612. The van der Waals surface area contributed by atoms with Crippen molar-refractivity contribution in [3.8, 4) is 0 Å². The minimum Gasteiger partial charge on any atom is -0.481 e. The van der Waals surface area contributed by atoms with Crippen LogP contribution in [-0.2, 0) is 18.3 Å². The Morgan fingerprint density at radius 3 is 2.72 bits per heavy atom. The van der Waals surface area contributed by atoms with Crippen molar-refractivity contribution in [2.24, 2.45) is 12.5 Å². The van der Waals surface area contributed by atoms with Gasteiger partial charge >= 0.3 is 5.97 Å². The predicted molar refractivity (Wildman–Crippen MR) is 70.6 cm³/mol. The van der Waals surface area contributed by atoms with Gasteiger partial charge in [-0.2, -0.15) is 5.10 Å². The van der Waals surface area contributed by atoms with Gasteiger partial charge in [-0.1, -0.05) is 6.07 Å². The van der Waals surface area contributed by atoms with Crippen molar-refractivity contribution >= 4 is 16.9 Å². The molecule has 2 rings (SSSR count). The molecule has 0 amide bonds. The topological polar surface area (TPSA) is 55.1 Å². The number of carbonyl (C=O) groups is 1. The average Bonchev–Trinajstić information content (AvgIpc) is 2.54. The highest BCUT2D eigenvalue weighted by atomic mass is 16.4. The molecule has 4 heteroatoms. The van der Waals surface area contributed by atoms with Crippen LogP contribution in [0.4, 0.5) is 0 Å². The van der Waals surface area contributed by atoms with E-state index in [1.807, 2.05) is 36.9 Å². The molecule has 0 fully saturated rings. The molecule has 0 bridgehead atoms. The fraction of sp³-hybridized carbons (Fsp3) is 0.429. The molecule has 0 saturated carbocycles. The number of carboxylic acid groups (broad SMARTS) is 1. The van der Waals surface area contributed by atoms with E-state index in [9.17, 15) is 4.79 Å². The van der Waals surface area contributed by atoms with Crippen LogP contribution in [-0.4, -0.2) is 20.9 Å². The molecule has 1 aromatic heterocycles. The van der Waals surface area contributed by atoms with E-state index in [1.165, 1.54) is 0 Å². The maximum atomic E-state index is 11.1. The first-order chi connectivity index (χ1) is 8.31. The van der Waals surface area contributed by atoms with Crippen molar-refractivity contribution in [1.29, 1.82) is 0 Å². The lowest BCUT2D eigenvalue weighted by Gasteiger charge is -2.18. The lowest BCUT2D eigenvalue weighted by molar-refractivity contribution is -0.146. The average molecular weight is 246 g/mol. The fourth-order valence-corrected chi connectivity index (χ4v) is 2.18. The van der Waals surface area contributed by atoms with Gasteiger partial charge in [-0.05, 0) is 44.9 Å². The number of hydrogen-bond donors (Lipinski definition) is 1. The zero-order valence-corrected chi connectivity index (χ0v) is 11.2. The summed E-state index contributed by atoms with van der Waals surface area (Å²) >= 11 is 0. The Morgan fingerprint density at radius 1 is 1.44 bits per heavy atom. The molecule has 1 heterocycles. The van der Waals surface area contributed by atoms with Gasteiger partial charge in [0.1, 0.15) is 0 Å². The van der Waals surface area contributed by atoms with Gasteiger partial charge in [0.2, 0.25) is 0 Å². The molecule has 0 aliphatic carbocycles. The van der Waals surface area contributed by atoms with Crippen molar-refractivity contribution in [1.82, 2.24) is 9.78 Å². The first-order valence-corrected chi connectivity index (χ1v) is 5.97. The van der Waals surface area contributed by atoms with Crippen LogP contribution in [0.2, 0.25) is 0 Å². The lowest BCUT2D eigenvalue weighted by atomic mass is 9.85. The van der Waals surface area contributed by atoms with Crippen molar-refractivity contribution in [3.63, 3.8) is 0 Å². The van der Waals surface area contributed by atoms with Crippen LogP contribution in [0.25, 0.3) is 10.9 Å². The van der Waals surface area contributed by atoms with Crippen molar-refractivity contribution in [3.05, 3.63) is 29.5 Å². The van der Waals surface area contributed by atoms with E-state index in [2.05, 4.69) is 5.10 Å². The van der Waals surface area contributed by atoms with Crippen LogP contribution in [0.15, 0.2) is 18.2 Å². The van der Waals surface area contributed by atoms with Crippen molar-refractivity contribution in [2.75, 3.05) is 0 Å². The maximum absolute atomic E-state index is 11.1. The quantitative estimate of drug-likeness (QED) is 0.905. The fourth-order valence-electron chi connectivity index (χ4n) is 2.18. The first kappa shape index (κ1) is 12.6. The summed E-state index contributed by atoms with van der Waals surface area (Å²) < 4.78 is 1.84. The summed E-state index contributed by atoms with van der Waals surface area (Å²) in [6.07, 6.45) is 0.520. The molecule has 0 aliphatic rings. The van der Waals surface area contributed by atoms with Gasteiger partial charge in [0.05, 0.1) is 16.6 Å². The van der Waals surface area contributed by atoms with Crippen LogP contribution in [0, 0.1) is 12.3 Å². The lowest BCUT2D eigenvalue weighted by Crippen LogP contribution is -2.26. The van der Waals surface area contributed by atoms with Crippen LogP contribution in [0.5, 0.6) is 0 Å². The third-order valence-electron chi connectivity index (χ3n) is 3.32. The van der Waals surface area contributed by atoms with E-state index in [0.717, 1.165) is 22.2 Å². The molecule has 2 aromatic rings. The zero-order chi connectivity index (χ0) is 13.5. The molecule has 0 spiro atoms. The Balaban J connectivity index is 2.42. The number of fused-ring (bicyclic) bond motifs is 1. The summed E-state index contributed by atoms with van der Waals surface area (Å²) in [5, 5.41) is 14.6. The molecule has 0 aliphatic heterocycles. The van der Waals surface area contributed by atoms with Crippen LogP contribution >= 0.6 is 0 Å². The van der Waals surface area contributed by atoms with Gasteiger partial charge in [0.15, 0.2) is 0 Å². The molecule has 1 aromatic carbocycles. The van der Waals surface area contributed by atoms with Crippen molar-refractivity contribution in [2.45, 2.75) is 27.2 Å². The number of carboxylic acids is 1. The van der Waals surface area contributed by atoms with E-state index >= 15 is 0 Å². The number of rotatable bonds is 3. The van der Waals surface area contributed by atoms with Gasteiger partial charge in [0, 0.05) is 12.4 Å². The Labute approximate surface area is 106 Å². The minimum absolute atomic E-state index is 0.520. The van der Waals surface area contributed by atoms with Gasteiger partial charge in [0.25, 0.3) is 0 Å². The summed E-state index contributed by atoms with van der Waals surface area (Å²) in [5.74, 6) is -0.773. The monoisotopic (exact) mass is 246 g/mol. The van der Waals surface area contributed by atoms with Crippen molar-refractivity contribution < 1.29 is 9.90 Å².